The van der Waals surface area contributed by atoms with E-state index in [4.69, 9.17) is 4.74 Å². The molecule has 2 aromatic heterocycles. The number of pyridine rings is 1. The summed E-state index contributed by atoms with van der Waals surface area (Å²) in [5.41, 5.74) is 0. The fourth-order valence-electron chi connectivity index (χ4n) is 2.00. The van der Waals surface area contributed by atoms with Crippen molar-refractivity contribution >= 4 is 27.9 Å². The van der Waals surface area contributed by atoms with Gasteiger partial charge in [-0.15, -0.1) is 11.3 Å². The van der Waals surface area contributed by atoms with Crippen molar-refractivity contribution in [3.63, 3.8) is 0 Å². The number of nitrogens with one attached hydrogen (secondary N) is 1. The molecule has 3 nitrogen and oxygen atoms in total. The molecule has 1 aromatic carbocycles. The molecule has 19 heavy (non-hydrogen) atoms. The second-order valence-electron chi connectivity index (χ2n) is 4.18. The van der Waals surface area contributed by atoms with E-state index in [-0.39, 0.29) is 0 Å². The van der Waals surface area contributed by atoms with E-state index in [1.54, 1.807) is 18.4 Å². The van der Waals surface area contributed by atoms with Crippen LogP contribution in [0.5, 0.6) is 5.75 Å². The number of rotatable bonds is 4. The number of thiophene rings is 1. The van der Waals surface area contributed by atoms with Crippen molar-refractivity contribution in [2.75, 3.05) is 12.4 Å². The Morgan fingerprint density at radius 3 is 3.00 bits per heavy atom. The van der Waals surface area contributed by atoms with Crippen molar-refractivity contribution in [2.45, 2.75) is 6.54 Å². The molecular formula is C15H14N2OS. The molecule has 3 aromatic rings. The minimum absolute atomic E-state index is 0.793. The highest BCUT2D eigenvalue weighted by atomic mass is 32.1. The van der Waals surface area contributed by atoms with Gasteiger partial charge in [0.1, 0.15) is 11.6 Å². The van der Waals surface area contributed by atoms with Crippen molar-refractivity contribution in [1.82, 2.24) is 4.98 Å². The van der Waals surface area contributed by atoms with E-state index in [1.165, 1.54) is 4.88 Å². The van der Waals surface area contributed by atoms with Gasteiger partial charge in [-0.2, -0.15) is 0 Å². The molecule has 1 N–H and O–H groups in total. The normalized spacial score (nSPS) is 10.6. The van der Waals surface area contributed by atoms with Crippen molar-refractivity contribution in [2.24, 2.45) is 0 Å². The molecule has 0 spiro atoms. The number of fused-ring (bicyclic) bond motifs is 1. The Kier molecular flexibility index (Phi) is 3.33. The van der Waals surface area contributed by atoms with E-state index in [2.05, 4.69) is 27.8 Å². The highest BCUT2D eigenvalue weighted by Crippen LogP contribution is 2.26. The van der Waals surface area contributed by atoms with Gasteiger partial charge in [0.25, 0.3) is 0 Å². The van der Waals surface area contributed by atoms with E-state index >= 15 is 0 Å². The van der Waals surface area contributed by atoms with Crippen molar-refractivity contribution in [3.8, 4) is 5.75 Å². The van der Waals surface area contributed by atoms with E-state index in [0.29, 0.717) is 0 Å². The Labute approximate surface area is 115 Å². The molecule has 2 heterocycles. The zero-order valence-electron chi connectivity index (χ0n) is 10.6. The van der Waals surface area contributed by atoms with Crippen LogP contribution in [0.2, 0.25) is 0 Å². The van der Waals surface area contributed by atoms with Gasteiger partial charge in [0.2, 0.25) is 0 Å². The highest BCUT2D eigenvalue weighted by Gasteiger charge is 2.04. The minimum atomic E-state index is 0.793. The monoisotopic (exact) mass is 270 g/mol. The summed E-state index contributed by atoms with van der Waals surface area (Å²) in [7, 11) is 1.68. The number of benzene rings is 1. The standard InChI is InChI=1S/C15H14N2OS/c1-18-12-5-4-11-6-7-16-15(14(11)9-12)17-10-13-3-2-8-19-13/h2-9H,10H2,1H3,(H,16,17). The lowest BCUT2D eigenvalue weighted by atomic mass is 10.1. The van der Waals surface area contributed by atoms with E-state index in [0.717, 1.165) is 28.9 Å². The number of ether oxygens (including phenoxy) is 1. The summed E-state index contributed by atoms with van der Waals surface area (Å²) < 4.78 is 5.27. The molecule has 0 saturated carbocycles. The van der Waals surface area contributed by atoms with Crippen LogP contribution in [0.25, 0.3) is 10.8 Å². The lowest BCUT2D eigenvalue weighted by Crippen LogP contribution is -2.00. The molecule has 0 aliphatic carbocycles. The molecule has 0 unspecified atom stereocenters. The molecule has 0 bridgehead atoms. The first-order chi connectivity index (χ1) is 9.36. The summed E-state index contributed by atoms with van der Waals surface area (Å²) in [6, 6.07) is 12.2. The lowest BCUT2D eigenvalue weighted by molar-refractivity contribution is 0.415. The van der Waals surface area contributed by atoms with Gasteiger partial charge in [0.15, 0.2) is 0 Å². The maximum Gasteiger partial charge on any atom is 0.134 e. The third kappa shape index (κ3) is 2.53. The maximum atomic E-state index is 5.27. The van der Waals surface area contributed by atoms with Gasteiger partial charge >= 0.3 is 0 Å². The first-order valence-electron chi connectivity index (χ1n) is 6.06. The summed E-state index contributed by atoms with van der Waals surface area (Å²) in [6.07, 6.45) is 1.82. The van der Waals surface area contributed by atoms with Crippen LogP contribution in [0.3, 0.4) is 0 Å². The van der Waals surface area contributed by atoms with Crippen LogP contribution in [0.4, 0.5) is 5.82 Å². The third-order valence-electron chi connectivity index (χ3n) is 2.98. The average Bonchev–Trinajstić information content (AvgIpc) is 2.97. The summed E-state index contributed by atoms with van der Waals surface area (Å²) in [5.74, 6) is 1.74. The fraction of sp³-hybridized carbons (Fsp3) is 0.133. The quantitative estimate of drug-likeness (QED) is 0.780. The predicted octanol–water partition coefficient (Wildman–Crippen LogP) is 3.92. The molecule has 0 amide bonds. The summed E-state index contributed by atoms with van der Waals surface area (Å²) in [6.45, 7) is 0.793. The zero-order chi connectivity index (χ0) is 13.1. The number of methoxy groups -OCH3 is 1. The van der Waals surface area contributed by atoms with Gasteiger partial charge in [-0.25, -0.2) is 4.98 Å². The molecule has 0 aliphatic rings. The van der Waals surface area contributed by atoms with Crippen LogP contribution < -0.4 is 10.1 Å². The smallest absolute Gasteiger partial charge is 0.134 e. The van der Waals surface area contributed by atoms with Crippen LogP contribution in [0, 0.1) is 0 Å². The molecule has 96 valence electrons. The number of aromatic nitrogens is 1. The molecular weight excluding hydrogens is 256 g/mol. The van der Waals surface area contributed by atoms with Crippen LogP contribution in [0.1, 0.15) is 4.88 Å². The maximum absolute atomic E-state index is 5.27. The second kappa shape index (κ2) is 5.28. The van der Waals surface area contributed by atoms with E-state index in [9.17, 15) is 0 Å². The Morgan fingerprint density at radius 2 is 2.21 bits per heavy atom. The number of nitrogens with zero attached hydrogens (tertiary/aromatic N) is 1. The van der Waals surface area contributed by atoms with Gasteiger partial charge in [-0.1, -0.05) is 12.1 Å². The molecule has 4 heteroatoms. The van der Waals surface area contributed by atoms with Crippen LogP contribution in [-0.4, -0.2) is 12.1 Å². The lowest BCUT2D eigenvalue weighted by Gasteiger charge is -2.09. The largest absolute Gasteiger partial charge is 0.497 e. The summed E-state index contributed by atoms with van der Waals surface area (Å²) in [5, 5.41) is 7.70. The Balaban J connectivity index is 1.93. The SMILES string of the molecule is COc1ccc2ccnc(NCc3cccs3)c2c1. The molecule has 0 atom stereocenters. The van der Waals surface area contributed by atoms with E-state index in [1.807, 2.05) is 30.5 Å². The Bertz CT molecular complexity index is 680. The van der Waals surface area contributed by atoms with Crippen molar-refractivity contribution < 1.29 is 4.74 Å². The van der Waals surface area contributed by atoms with Gasteiger partial charge in [-0.05, 0) is 35.0 Å². The van der Waals surface area contributed by atoms with Crippen molar-refractivity contribution in [1.29, 1.82) is 0 Å². The number of anilines is 1. The number of hydrogen-bond donors (Lipinski definition) is 1. The van der Waals surface area contributed by atoms with Gasteiger partial charge in [0, 0.05) is 16.5 Å². The summed E-state index contributed by atoms with van der Waals surface area (Å²) in [4.78, 5) is 5.71. The second-order valence-corrected chi connectivity index (χ2v) is 5.21. The van der Waals surface area contributed by atoms with E-state index < -0.39 is 0 Å². The van der Waals surface area contributed by atoms with Crippen LogP contribution >= 0.6 is 11.3 Å². The number of hydrogen-bond acceptors (Lipinski definition) is 4. The Morgan fingerprint density at radius 1 is 1.26 bits per heavy atom. The first-order valence-corrected chi connectivity index (χ1v) is 6.94. The highest BCUT2D eigenvalue weighted by molar-refractivity contribution is 7.09. The summed E-state index contributed by atoms with van der Waals surface area (Å²) >= 11 is 1.74. The van der Waals surface area contributed by atoms with Gasteiger partial charge in [0.05, 0.1) is 13.7 Å². The molecule has 0 fully saturated rings. The molecule has 3 rings (SSSR count). The fourth-order valence-corrected chi connectivity index (χ4v) is 2.64. The van der Waals surface area contributed by atoms with Gasteiger partial charge in [-0.3, -0.25) is 0 Å². The zero-order valence-corrected chi connectivity index (χ0v) is 11.4. The van der Waals surface area contributed by atoms with Crippen LogP contribution in [-0.2, 0) is 6.54 Å². The minimum Gasteiger partial charge on any atom is -0.497 e. The third-order valence-corrected chi connectivity index (χ3v) is 3.86. The average molecular weight is 270 g/mol. The first kappa shape index (κ1) is 12.0. The van der Waals surface area contributed by atoms with Gasteiger partial charge < -0.3 is 10.1 Å². The topological polar surface area (TPSA) is 34.1 Å². The molecule has 0 aliphatic heterocycles. The predicted molar refractivity (Wildman–Crippen MR) is 79.9 cm³/mol. The van der Waals surface area contributed by atoms with Crippen molar-refractivity contribution in [3.05, 3.63) is 52.9 Å². The van der Waals surface area contributed by atoms with Crippen LogP contribution in [0.15, 0.2) is 48.0 Å². The molecule has 0 saturated heterocycles. The molecule has 0 radical (unpaired) electrons. The Hall–Kier alpha value is -2.07.